The molecule has 0 aromatic rings. The number of nitrogens with one attached hydrogen (secondary N) is 2. The molecule has 4 N–H and O–H groups in total. The second kappa shape index (κ2) is 12.6. The molecule has 4 aliphatic rings. The third-order valence-corrected chi connectivity index (χ3v) is 11.4. The zero-order valence-corrected chi connectivity index (χ0v) is 25.5. The number of amides is 2. The van der Waals surface area contributed by atoms with Gasteiger partial charge in [-0.25, -0.2) is 0 Å². The van der Waals surface area contributed by atoms with Crippen LogP contribution < -0.4 is 10.6 Å². The van der Waals surface area contributed by atoms with E-state index in [4.69, 9.17) is 6.42 Å². The van der Waals surface area contributed by atoms with Crippen LogP contribution in [0, 0.1) is 64.6 Å². The molecule has 0 saturated heterocycles. The van der Waals surface area contributed by atoms with Crippen LogP contribution in [0.5, 0.6) is 0 Å². The average molecular weight is 555 g/mol. The Hall–Kier alpha value is -1.84. The van der Waals surface area contributed by atoms with E-state index in [2.05, 4.69) is 30.4 Å². The second-order valence-corrected chi connectivity index (χ2v) is 14.9. The van der Waals surface area contributed by atoms with E-state index in [1.54, 1.807) is 6.08 Å². The van der Waals surface area contributed by atoms with Gasteiger partial charge in [-0.2, -0.15) is 0 Å². The first-order valence-electron chi connectivity index (χ1n) is 15.9. The first kappa shape index (κ1) is 31.1. The zero-order chi connectivity index (χ0) is 29.2. The lowest BCUT2D eigenvalue weighted by Gasteiger charge is -2.60. The van der Waals surface area contributed by atoms with Crippen molar-refractivity contribution in [1.82, 2.24) is 10.6 Å². The van der Waals surface area contributed by atoms with Crippen molar-refractivity contribution < 1.29 is 19.8 Å². The van der Waals surface area contributed by atoms with Crippen LogP contribution in [0.25, 0.3) is 0 Å². The smallest absolute Gasteiger partial charge is 0.245 e. The highest BCUT2D eigenvalue weighted by Gasteiger charge is 2.59. The van der Waals surface area contributed by atoms with E-state index in [0.717, 1.165) is 38.5 Å². The summed E-state index contributed by atoms with van der Waals surface area (Å²) < 4.78 is 0. The molecule has 224 valence electrons. The molecule has 11 unspecified atom stereocenters. The summed E-state index contributed by atoms with van der Waals surface area (Å²) in [4.78, 5) is 24.8. The summed E-state index contributed by atoms with van der Waals surface area (Å²) in [6, 6.07) is 0. The fraction of sp³-hybridized carbons (Fsp3) is 0.824. The first-order chi connectivity index (χ1) is 18.8. The van der Waals surface area contributed by atoms with Gasteiger partial charge >= 0.3 is 0 Å². The molecular weight excluding hydrogens is 500 g/mol. The van der Waals surface area contributed by atoms with Gasteiger partial charge in [0.1, 0.15) is 6.17 Å². The van der Waals surface area contributed by atoms with Gasteiger partial charge in [-0.15, -0.1) is 12.3 Å². The summed E-state index contributed by atoms with van der Waals surface area (Å²) in [5.41, 5.74) is -0.283. The van der Waals surface area contributed by atoms with Crippen molar-refractivity contribution >= 4 is 11.8 Å². The minimum atomic E-state index is -0.579. The number of carbonyl (C=O) groups is 2. The largest absolute Gasteiger partial charge is 0.393 e. The summed E-state index contributed by atoms with van der Waals surface area (Å²) in [6.07, 6.45) is 18.8. The summed E-state index contributed by atoms with van der Waals surface area (Å²) in [7, 11) is 0. The van der Waals surface area contributed by atoms with E-state index in [0.29, 0.717) is 41.4 Å². The van der Waals surface area contributed by atoms with Crippen LogP contribution in [0.2, 0.25) is 0 Å². The number of aliphatic hydroxyl groups is 2. The Balaban J connectivity index is 1.28. The maximum atomic E-state index is 12.5. The van der Waals surface area contributed by atoms with Gasteiger partial charge < -0.3 is 20.8 Å². The molecule has 6 nitrogen and oxygen atoms in total. The Morgan fingerprint density at radius 3 is 2.50 bits per heavy atom. The van der Waals surface area contributed by atoms with Crippen molar-refractivity contribution in [3.05, 3.63) is 12.2 Å². The minimum absolute atomic E-state index is 0.151. The molecule has 0 bridgehead atoms. The zero-order valence-electron chi connectivity index (χ0n) is 25.5. The number of rotatable bonds is 8. The van der Waals surface area contributed by atoms with Crippen LogP contribution in [0.3, 0.4) is 0 Å². The lowest BCUT2D eigenvalue weighted by molar-refractivity contribution is -0.158. The number of carbonyl (C=O) groups excluding carboxylic acids is 2. The predicted molar refractivity (Wildman–Crippen MR) is 159 cm³/mol. The third-order valence-electron chi connectivity index (χ3n) is 11.4. The third kappa shape index (κ3) is 6.62. The number of hydrogen-bond donors (Lipinski definition) is 4. The van der Waals surface area contributed by atoms with Crippen LogP contribution in [0.1, 0.15) is 105 Å². The van der Waals surface area contributed by atoms with Gasteiger partial charge in [0.2, 0.25) is 11.8 Å². The number of allylic oxidation sites excluding steroid dienone is 1. The summed E-state index contributed by atoms with van der Waals surface area (Å²) in [6.45, 7) is 10.3. The van der Waals surface area contributed by atoms with Crippen molar-refractivity contribution in [2.24, 2.45) is 52.3 Å². The van der Waals surface area contributed by atoms with Crippen molar-refractivity contribution in [1.29, 1.82) is 0 Å². The fourth-order valence-electron chi connectivity index (χ4n) is 9.24. The quantitative estimate of drug-likeness (QED) is 0.189. The molecule has 0 aromatic heterocycles. The van der Waals surface area contributed by atoms with Crippen molar-refractivity contribution in [2.45, 2.75) is 124 Å². The van der Waals surface area contributed by atoms with Gasteiger partial charge in [-0.3, -0.25) is 9.59 Å². The highest BCUT2D eigenvalue weighted by atomic mass is 16.3. The lowest BCUT2D eigenvalue weighted by atomic mass is 9.46. The predicted octanol–water partition coefficient (Wildman–Crippen LogP) is 5.19. The summed E-state index contributed by atoms with van der Waals surface area (Å²) >= 11 is 0. The normalized spacial score (nSPS) is 38.9. The van der Waals surface area contributed by atoms with Gasteiger partial charge in [0, 0.05) is 11.8 Å². The first-order valence-corrected chi connectivity index (χ1v) is 15.9. The van der Waals surface area contributed by atoms with Crippen LogP contribution in [-0.2, 0) is 9.59 Å². The van der Waals surface area contributed by atoms with Gasteiger partial charge in [0.15, 0.2) is 0 Å². The van der Waals surface area contributed by atoms with Gasteiger partial charge in [-0.1, -0.05) is 40.7 Å². The van der Waals surface area contributed by atoms with E-state index in [1.807, 2.05) is 26.8 Å². The highest BCUT2D eigenvalue weighted by molar-refractivity contribution is 5.88. The summed E-state index contributed by atoms with van der Waals surface area (Å²) in [5.74, 6) is 6.20. The van der Waals surface area contributed by atoms with E-state index in [-0.39, 0.29) is 35.9 Å². The van der Waals surface area contributed by atoms with Gasteiger partial charge in [-0.05, 0) is 117 Å². The molecule has 0 aromatic carbocycles. The van der Waals surface area contributed by atoms with Gasteiger partial charge in [0.25, 0.3) is 0 Å². The van der Waals surface area contributed by atoms with Crippen molar-refractivity contribution in [3.8, 4) is 12.3 Å². The standard InChI is InChI=1S/C34H54N2O4/c1-7-10-29(36-32(40)33(3,4)5)35-30(39)12-9-8-11-21(2)24-13-14-26-25(24)15-16-27-31(26)28(38)20-22-19-23(37)17-18-34(22,27)6/h1,9,12,21-29,31,37-38H,8,10-11,13-20H2,2-6H3,(H,35,39)(H,36,40)/b12-9+. The van der Waals surface area contributed by atoms with Crippen molar-refractivity contribution in [3.63, 3.8) is 0 Å². The molecule has 4 saturated carbocycles. The molecule has 6 heteroatoms. The molecule has 4 fully saturated rings. The molecule has 2 amide bonds. The monoisotopic (exact) mass is 554 g/mol. The molecule has 0 heterocycles. The Bertz CT molecular complexity index is 979. The molecule has 0 radical (unpaired) electrons. The van der Waals surface area contributed by atoms with Crippen molar-refractivity contribution in [2.75, 3.05) is 0 Å². The molecule has 0 aliphatic heterocycles. The lowest BCUT2D eigenvalue weighted by Crippen LogP contribution is -2.56. The molecule has 4 rings (SSSR count). The Kier molecular flexibility index (Phi) is 9.78. The maximum Gasteiger partial charge on any atom is 0.245 e. The molecule has 0 spiro atoms. The topological polar surface area (TPSA) is 98.7 Å². The number of fused-ring (bicyclic) bond motifs is 5. The minimum Gasteiger partial charge on any atom is -0.393 e. The molecule has 4 aliphatic carbocycles. The molecule has 11 atom stereocenters. The second-order valence-electron chi connectivity index (χ2n) is 14.9. The number of hydrogen-bond acceptors (Lipinski definition) is 4. The van der Waals surface area contributed by atoms with E-state index in [1.165, 1.54) is 25.7 Å². The fourth-order valence-corrected chi connectivity index (χ4v) is 9.24. The Morgan fingerprint density at radius 1 is 1.07 bits per heavy atom. The van der Waals surface area contributed by atoms with Crippen LogP contribution in [-0.4, -0.2) is 40.4 Å². The number of aliphatic hydroxyl groups excluding tert-OH is 2. The summed E-state index contributed by atoms with van der Waals surface area (Å²) in [5, 5.41) is 27.3. The van der Waals surface area contributed by atoms with Crippen LogP contribution in [0.15, 0.2) is 12.2 Å². The molecular formula is C34H54N2O4. The SMILES string of the molecule is C#CCC(NC(=O)/C=C/CCC(C)C1CCC2C1CCC1C2C(O)CC2CC(O)CCC21C)NC(=O)C(C)(C)C. The number of terminal acetylenes is 1. The Morgan fingerprint density at radius 2 is 1.80 bits per heavy atom. The van der Waals surface area contributed by atoms with Crippen LogP contribution >= 0.6 is 0 Å². The average Bonchev–Trinajstić information content (AvgIpc) is 3.31. The molecule has 40 heavy (non-hydrogen) atoms. The van der Waals surface area contributed by atoms with Gasteiger partial charge in [0.05, 0.1) is 12.2 Å². The van der Waals surface area contributed by atoms with Crippen LogP contribution in [0.4, 0.5) is 0 Å². The van der Waals surface area contributed by atoms with E-state index in [9.17, 15) is 19.8 Å². The van der Waals surface area contributed by atoms with E-state index >= 15 is 0 Å². The maximum absolute atomic E-state index is 12.5. The highest BCUT2D eigenvalue weighted by Crippen LogP contribution is 2.64. The van der Waals surface area contributed by atoms with E-state index < -0.39 is 11.6 Å². The Labute approximate surface area is 242 Å².